The zero-order valence-corrected chi connectivity index (χ0v) is 7.14. The number of anilines is 2. The Hall–Kier alpha value is -1.59. The monoisotopic (exact) mass is 206 g/mol. The molecule has 4 N–H and O–H groups in total. The minimum absolute atomic E-state index is 0.0500. The van der Waals surface area contributed by atoms with Crippen LogP contribution in [0.5, 0.6) is 5.75 Å². The molecule has 14 heavy (non-hydrogen) atoms. The third-order valence-electron chi connectivity index (χ3n) is 1.46. The lowest BCUT2D eigenvalue weighted by molar-refractivity contribution is -0.153. The lowest BCUT2D eigenvalue weighted by atomic mass is 10.2. The van der Waals surface area contributed by atoms with Gasteiger partial charge in [0, 0.05) is 6.07 Å². The first-order valence-electron chi connectivity index (χ1n) is 3.73. The standard InChI is InChI=1S/C8H9F3N2O/c9-8(10,11)4-14-5-1-2-6(12)7(13)3-5/h1-3H,4,12-13H2. The molecule has 0 atom stereocenters. The Morgan fingerprint density at radius 3 is 2.29 bits per heavy atom. The van der Waals surface area contributed by atoms with Crippen molar-refractivity contribution in [3.63, 3.8) is 0 Å². The van der Waals surface area contributed by atoms with Gasteiger partial charge in [0.05, 0.1) is 11.4 Å². The van der Waals surface area contributed by atoms with Gasteiger partial charge in [-0.15, -0.1) is 0 Å². The summed E-state index contributed by atoms with van der Waals surface area (Å²) >= 11 is 0. The van der Waals surface area contributed by atoms with Crippen LogP contribution in [0.2, 0.25) is 0 Å². The van der Waals surface area contributed by atoms with Gasteiger partial charge in [0.15, 0.2) is 6.61 Å². The number of hydrogen-bond donors (Lipinski definition) is 2. The Kier molecular flexibility index (Phi) is 2.73. The minimum Gasteiger partial charge on any atom is -0.484 e. The molecule has 0 spiro atoms. The zero-order valence-electron chi connectivity index (χ0n) is 7.14. The second-order valence-electron chi connectivity index (χ2n) is 2.69. The third kappa shape index (κ3) is 3.04. The molecule has 0 radical (unpaired) electrons. The Labute approximate surface area is 78.5 Å². The Bertz CT molecular complexity index is 325. The quantitative estimate of drug-likeness (QED) is 0.725. The van der Waals surface area contributed by atoms with Crippen LogP contribution in [-0.4, -0.2) is 12.8 Å². The largest absolute Gasteiger partial charge is 0.484 e. The molecule has 6 heteroatoms. The summed E-state index contributed by atoms with van der Waals surface area (Å²) in [5, 5.41) is 0. The van der Waals surface area contributed by atoms with E-state index in [9.17, 15) is 13.2 Å². The van der Waals surface area contributed by atoms with Crippen molar-refractivity contribution in [3.8, 4) is 5.75 Å². The third-order valence-corrected chi connectivity index (χ3v) is 1.46. The predicted octanol–water partition coefficient (Wildman–Crippen LogP) is 1.79. The van der Waals surface area contributed by atoms with Crippen LogP contribution in [-0.2, 0) is 0 Å². The van der Waals surface area contributed by atoms with E-state index in [1.807, 2.05) is 0 Å². The maximum Gasteiger partial charge on any atom is 0.422 e. The number of rotatable bonds is 2. The molecule has 0 amide bonds. The van der Waals surface area contributed by atoms with E-state index in [-0.39, 0.29) is 11.4 Å². The molecule has 0 saturated heterocycles. The first-order valence-corrected chi connectivity index (χ1v) is 3.73. The highest BCUT2D eigenvalue weighted by Crippen LogP contribution is 2.23. The van der Waals surface area contributed by atoms with Gasteiger partial charge in [0.1, 0.15) is 5.75 Å². The molecule has 1 rings (SSSR count). The van der Waals surface area contributed by atoms with Gasteiger partial charge in [-0.1, -0.05) is 0 Å². The van der Waals surface area contributed by atoms with Gasteiger partial charge in [0.25, 0.3) is 0 Å². The predicted molar refractivity (Wildman–Crippen MR) is 46.8 cm³/mol. The second kappa shape index (κ2) is 3.65. The average Bonchev–Trinajstić information content (AvgIpc) is 2.06. The highest BCUT2D eigenvalue weighted by molar-refractivity contribution is 5.65. The fourth-order valence-electron chi connectivity index (χ4n) is 0.808. The van der Waals surface area contributed by atoms with Crippen LogP contribution in [0.15, 0.2) is 18.2 Å². The second-order valence-corrected chi connectivity index (χ2v) is 2.69. The number of nitrogen functional groups attached to an aromatic ring is 2. The van der Waals surface area contributed by atoms with Crippen molar-refractivity contribution in [1.29, 1.82) is 0 Å². The molecule has 3 nitrogen and oxygen atoms in total. The van der Waals surface area contributed by atoms with E-state index in [0.29, 0.717) is 5.69 Å². The minimum atomic E-state index is -4.35. The van der Waals surface area contributed by atoms with E-state index in [1.54, 1.807) is 0 Å². The van der Waals surface area contributed by atoms with Crippen LogP contribution in [0, 0.1) is 0 Å². The lowest BCUT2D eigenvalue weighted by Gasteiger charge is -2.09. The van der Waals surface area contributed by atoms with Crippen molar-refractivity contribution in [2.75, 3.05) is 18.1 Å². The van der Waals surface area contributed by atoms with Gasteiger partial charge in [-0.2, -0.15) is 13.2 Å². The molecule has 1 aromatic rings. The summed E-state index contributed by atoms with van der Waals surface area (Å²) in [7, 11) is 0. The first kappa shape index (κ1) is 10.5. The number of benzene rings is 1. The molecule has 0 aliphatic heterocycles. The Morgan fingerprint density at radius 1 is 1.14 bits per heavy atom. The van der Waals surface area contributed by atoms with Crippen molar-refractivity contribution in [2.45, 2.75) is 6.18 Å². The molecule has 0 saturated carbocycles. The number of hydrogen-bond acceptors (Lipinski definition) is 3. The molecule has 0 bridgehead atoms. The van der Waals surface area contributed by atoms with Gasteiger partial charge in [-0.3, -0.25) is 0 Å². The maximum atomic E-state index is 11.7. The summed E-state index contributed by atoms with van der Waals surface area (Å²) in [6, 6.07) is 3.97. The van der Waals surface area contributed by atoms with E-state index in [2.05, 4.69) is 4.74 Å². The maximum absolute atomic E-state index is 11.7. The average molecular weight is 206 g/mol. The molecular weight excluding hydrogens is 197 g/mol. The number of halogens is 3. The summed E-state index contributed by atoms with van der Waals surface area (Å²) < 4.78 is 39.7. The topological polar surface area (TPSA) is 61.3 Å². The normalized spacial score (nSPS) is 11.4. The van der Waals surface area contributed by atoms with Crippen LogP contribution in [0.25, 0.3) is 0 Å². The number of alkyl halides is 3. The van der Waals surface area contributed by atoms with Crippen molar-refractivity contribution >= 4 is 11.4 Å². The molecule has 0 aliphatic carbocycles. The van der Waals surface area contributed by atoms with Gasteiger partial charge < -0.3 is 16.2 Å². The summed E-state index contributed by atoms with van der Waals surface area (Å²) in [5.74, 6) is 0.0500. The number of nitrogens with two attached hydrogens (primary N) is 2. The zero-order chi connectivity index (χ0) is 10.8. The summed E-state index contributed by atoms with van der Waals surface area (Å²) in [5.41, 5.74) is 11.2. The highest BCUT2D eigenvalue weighted by atomic mass is 19.4. The van der Waals surface area contributed by atoms with E-state index in [1.165, 1.54) is 18.2 Å². The molecular formula is C8H9F3N2O. The van der Waals surface area contributed by atoms with Gasteiger partial charge in [0.2, 0.25) is 0 Å². The van der Waals surface area contributed by atoms with E-state index < -0.39 is 12.8 Å². The van der Waals surface area contributed by atoms with Crippen molar-refractivity contribution < 1.29 is 17.9 Å². The SMILES string of the molecule is Nc1ccc(OCC(F)(F)F)cc1N. The fraction of sp³-hybridized carbons (Fsp3) is 0.250. The van der Waals surface area contributed by atoms with Crippen molar-refractivity contribution in [1.82, 2.24) is 0 Å². The van der Waals surface area contributed by atoms with Gasteiger partial charge >= 0.3 is 6.18 Å². The van der Waals surface area contributed by atoms with Gasteiger partial charge in [-0.05, 0) is 12.1 Å². The summed E-state index contributed by atoms with van der Waals surface area (Å²) in [4.78, 5) is 0. The molecule has 0 unspecified atom stereocenters. The molecule has 0 aromatic heterocycles. The lowest BCUT2D eigenvalue weighted by Crippen LogP contribution is -2.19. The molecule has 0 fully saturated rings. The summed E-state index contributed by atoms with van der Waals surface area (Å²) in [6.07, 6.45) is -4.35. The fourth-order valence-corrected chi connectivity index (χ4v) is 0.808. The van der Waals surface area contributed by atoms with Crippen molar-refractivity contribution in [3.05, 3.63) is 18.2 Å². The van der Waals surface area contributed by atoms with E-state index in [0.717, 1.165) is 0 Å². The Morgan fingerprint density at radius 2 is 1.79 bits per heavy atom. The summed E-state index contributed by atoms with van der Waals surface area (Å²) in [6.45, 7) is -1.34. The number of ether oxygens (including phenoxy) is 1. The first-order chi connectivity index (χ1) is 6.38. The van der Waals surface area contributed by atoms with E-state index >= 15 is 0 Å². The molecule has 0 aliphatic rings. The van der Waals surface area contributed by atoms with Crippen LogP contribution in [0.3, 0.4) is 0 Å². The van der Waals surface area contributed by atoms with Gasteiger partial charge in [-0.25, -0.2) is 0 Å². The highest BCUT2D eigenvalue weighted by Gasteiger charge is 2.28. The van der Waals surface area contributed by atoms with Crippen LogP contribution >= 0.6 is 0 Å². The van der Waals surface area contributed by atoms with Crippen LogP contribution in [0.4, 0.5) is 24.5 Å². The van der Waals surface area contributed by atoms with Crippen LogP contribution < -0.4 is 16.2 Å². The van der Waals surface area contributed by atoms with Crippen LogP contribution in [0.1, 0.15) is 0 Å². The van der Waals surface area contributed by atoms with Crippen molar-refractivity contribution in [2.24, 2.45) is 0 Å². The Balaban J connectivity index is 2.65. The molecule has 78 valence electrons. The molecule has 0 heterocycles. The molecule has 1 aromatic carbocycles. The van der Waals surface area contributed by atoms with E-state index in [4.69, 9.17) is 11.5 Å². The smallest absolute Gasteiger partial charge is 0.422 e.